The Balaban J connectivity index is 1.94. The lowest BCUT2D eigenvalue weighted by Crippen LogP contribution is -2.38. The van der Waals surface area contributed by atoms with E-state index in [0.29, 0.717) is 6.54 Å². The molecule has 4 heteroatoms. The summed E-state index contributed by atoms with van der Waals surface area (Å²) in [4.78, 5) is 18.4. The smallest absolute Gasteiger partial charge is 0.242 e. The SMILES string of the molecule is CN(C)C(C(=O)NCCc1ccccc1)c1cccnc1. The quantitative estimate of drug-likeness (QED) is 0.882. The number of pyridine rings is 1. The summed E-state index contributed by atoms with van der Waals surface area (Å²) in [6.07, 6.45) is 4.28. The van der Waals surface area contributed by atoms with Gasteiger partial charge in [0.05, 0.1) is 0 Å². The number of aromatic nitrogens is 1. The lowest BCUT2D eigenvalue weighted by molar-refractivity contribution is -0.125. The van der Waals surface area contributed by atoms with Crippen LogP contribution >= 0.6 is 0 Å². The zero-order valence-corrected chi connectivity index (χ0v) is 12.5. The average molecular weight is 283 g/mol. The van der Waals surface area contributed by atoms with Gasteiger partial charge in [0.25, 0.3) is 0 Å². The van der Waals surface area contributed by atoms with Gasteiger partial charge < -0.3 is 5.32 Å². The molecule has 0 saturated carbocycles. The number of carbonyl (C=O) groups excluding carboxylic acids is 1. The molecule has 110 valence electrons. The van der Waals surface area contributed by atoms with Gasteiger partial charge in [-0.05, 0) is 37.7 Å². The van der Waals surface area contributed by atoms with Gasteiger partial charge in [-0.2, -0.15) is 0 Å². The summed E-state index contributed by atoms with van der Waals surface area (Å²) in [6, 6.07) is 13.6. The number of carbonyl (C=O) groups is 1. The molecule has 0 spiro atoms. The van der Waals surface area contributed by atoms with E-state index in [-0.39, 0.29) is 11.9 Å². The zero-order valence-electron chi connectivity index (χ0n) is 12.5. The molecule has 1 amide bonds. The molecule has 0 bridgehead atoms. The van der Waals surface area contributed by atoms with E-state index in [9.17, 15) is 4.79 Å². The van der Waals surface area contributed by atoms with Gasteiger partial charge in [-0.1, -0.05) is 36.4 Å². The molecular weight excluding hydrogens is 262 g/mol. The third-order valence-electron chi connectivity index (χ3n) is 3.32. The second-order valence-corrected chi connectivity index (χ2v) is 5.18. The van der Waals surface area contributed by atoms with Crippen LogP contribution in [0.4, 0.5) is 0 Å². The van der Waals surface area contributed by atoms with E-state index < -0.39 is 0 Å². The van der Waals surface area contributed by atoms with Crippen molar-refractivity contribution >= 4 is 5.91 Å². The van der Waals surface area contributed by atoms with E-state index in [0.717, 1.165) is 12.0 Å². The Labute approximate surface area is 125 Å². The zero-order chi connectivity index (χ0) is 15.1. The monoisotopic (exact) mass is 283 g/mol. The molecule has 1 aromatic heterocycles. The first-order valence-electron chi connectivity index (χ1n) is 7.06. The fourth-order valence-electron chi connectivity index (χ4n) is 2.29. The number of hydrogen-bond donors (Lipinski definition) is 1. The third-order valence-corrected chi connectivity index (χ3v) is 3.32. The maximum Gasteiger partial charge on any atom is 0.242 e. The van der Waals surface area contributed by atoms with Gasteiger partial charge in [-0.25, -0.2) is 0 Å². The molecule has 0 radical (unpaired) electrons. The Morgan fingerprint density at radius 3 is 2.57 bits per heavy atom. The standard InChI is InChI=1S/C17H21N3O/c1-20(2)16(15-9-6-11-18-13-15)17(21)19-12-10-14-7-4-3-5-8-14/h3-9,11,13,16H,10,12H2,1-2H3,(H,19,21). The lowest BCUT2D eigenvalue weighted by Gasteiger charge is -2.23. The topological polar surface area (TPSA) is 45.2 Å². The van der Waals surface area contributed by atoms with Crippen molar-refractivity contribution in [2.45, 2.75) is 12.5 Å². The number of nitrogens with zero attached hydrogens (tertiary/aromatic N) is 2. The molecule has 0 aliphatic heterocycles. The van der Waals surface area contributed by atoms with E-state index in [1.54, 1.807) is 12.4 Å². The van der Waals surface area contributed by atoms with Gasteiger partial charge in [0.15, 0.2) is 0 Å². The van der Waals surface area contributed by atoms with Crippen molar-refractivity contribution < 1.29 is 4.79 Å². The van der Waals surface area contributed by atoms with Gasteiger partial charge in [0, 0.05) is 18.9 Å². The second kappa shape index (κ2) is 7.55. The predicted molar refractivity (Wildman–Crippen MR) is 83.8 cm³/mol. The van der Waals surface area contributed by atoms with E-state index >= 15 is 0 Å². The normalized spacial score (nSPS) is 12.1. The molecular formula is C17H21N3O. The van der Waals surface area contributed by atoms with Crippen LogP contribution in [0.25, 0.3) is 0 Å². The molecule has 1 aromatic carbocycles. The Kier molecular flexibility index (Phi) is 5.46. The van der Waals surface area contributed by atoms with Gasteiger partial charge in [-0.3, -0.25) is 14.7 Å². The summed E-state index contributed by atoms with van der Waals surface area (Å²) >= 11 is 0. The van der Waals surface area contributed by atoms with Crippen LogP contribution < -0.4 is 5.32 Å². The summed E-state index contributed by atoms with van der Waals surface area (Å²) in [5, 5.41) is 3.00. The number of nitrogens with one attached hydrogen (secondary N) is 1. The first-order valence-corrected chi connectivity index (χ1v) is 7.06. The lowest BCUT2D eigenvalue weighted by atomic mass is 10.1. The number of hydrogen-bond acceptors (Lipinski definition) is 3. The number of rotatable bonds is 6. The van der Waals surface area contributed by atoms with Crippen LogP contribution in [0.15, 0.2) is 54.9 Å². The second-order valence-electron chi connectivity index (χ2n) is 5.18. The van der Waals surface area contributed by atoms with Crippen molar-refractivity contribution in [2.75, 3.05) is 20.6 Å². The number of benzene rings is 1. The van der Waals surface area contributed by atoms with Crippen LogP contribution in [0, 0.1) is 0 Å². The maximum atomic E-state index is 12.4. The van der Waals surface area contributed by atoms with E-state index in [2.05, 4.69) is 22.4 Å². The van der Waals surface area contributed by atoms with Crippen LogP contribution in [0.2, 0.25) is 0 Å². The van der Waals surface area contributed by atoms with E-state index in [4.69, 9.17) is 0 Å². The fourth-order valence-corrected chi connectivity index (χ4v) is 2.29. The molecule has 4 nitrogen and oxygen atoms in total. The average Bonchev–Trinajstić information content (AvgIpc) is 2.49. The van der Waals surface area contributed by atoms with Crippen LogP contribution in [-0.4, -0.2) is 36.4 Å². The Bertz CT molecular complexity index is 555. The maximum absolute atomic E-state index is 12.4. The molecule has 0 aliphatic carbocycles. The molecule has 1 atom stereocenters. The molecule has 2 rings (SSSR count). The van der Waals surface area contributed by atoms with Gasteiger partial charge in [-0.15, -0.1) is 0 Å². The predicted octanol–water partition coefficient (Wildman–Crippen LogP) is 2.04. The van der Waals surface area contributed by atoms with Gasteiger partial charge in [0.1, 0.15) is 6.04 Å². The van der Waals surface area contributed by atoms with Crippen molar-refractivity contribution in [1.29, 1.82) is 0 Å². The van der Waals surface area contributed by atoms with Crippen LogP contribution in [0.5, 0.6) is 0 Å². The highest BCUT2D eigenvalue weighted by Crippen LogP contribution is 2.16. The number of likely N-dealkylation sites (N-methyl/N-ethyl adjacent to an activating group) is 1. The molecule has 1 unspecified atom stereocenters. The number of amides is 1. The Hall–Kier alpha value is -2.20. The highest BCUT2D eigenvalue weighted by molar-refractivity contribution is 5.83. The minimum atomic E-state index is -0.311. The fraction of sp³-hybridized carbons (Fsp3) is 0.294. The van der Waals surface area contributed by atoms with E-state index in [1.807, 2.05) is 49.3 Å². The van der Waals surface area contributed by atoms with Crippen LogP contribution in [0.3, 0.4) is 0 Å². The summed E-state index contributed by atoms with van der Waals surface area (Å²) in [7, 11) is 3.79. The van der Waals surface area contributed by atoms with Crippen molar-refractivity contribution in [1.82, 2.24) is 15.2 Å². The molecule has 1 N–H and O–H groups in total. The summed E-state index contributed by atoms with van der Waals surface area (Å²) in [5.74, 6) is 0.00364. The molecule has 1 heterocycles. The highest BCUT2D eigenvalue weighted by atomic mass is 16.2. The molecule has 2 aromatic rings. The van der Waals surface area contributed by atoms with Crippen molar-refractivity contribution in [3.63, 3.8) is 0 Å². The van der Waals surface area contributed by atoms with Crippen LogP contribution in [0.1, 0.15) is 17.2 Å². The molecule has 0 saturated heterocycles. The van der Waals surface area contributed by atoms with Gasteiger partial charge >= 0.3 is 0 Å². The summed E-state index contributed by atoms with van der Waals surface area (Å²) in [6.45, 7) is 0.632. The molecule has 21 heavy (non-hydrogen) atoms. The first kappa shape index (κ1) is 15.2. The largest absolute Gasteiger partial charge is 0.354 e. The molecule has 0 fully saturated rings. The highest BCUT2D eigenvalue weighted by Gasteiger charge is 2.22. The van der Waals surface area contributed by atoms with Gasteiger partial charge in [0.2, 0.25) is 5.91 Å². The summed E-state index contributed by atoms with van der Waals surface area (Å²) < 4.78 is 0. The Morgan fingerprint density at radius 1 is 1.19 bits per heavy atom. The van der Waals surface area contributed by atoms with Crippen molar-refractivity contribution in [3.05, 3.63) is 66.0 Å². The van der Waals surface area contributed by atoms with E-state index in [1.165, 1.54) is 5.56 Å². The Morgan fingerprint density at radius 2 is 1.95 bits per heavy atom. The minimum Gasteiger partial charge on any atom is -0.354 e. The first-order chi connectivity index (χ1) is 10.2. The minimum absolute atomic E-state index is 0.00364. The summed E-state index contributed by atoms with van der Waals surface area (Å²) in [5.41, 5.74) is 2.13. The van der Waals surface area contributed by atoms with Crippen molar-refractivity contribution in [3.8, 4) is 0 Å². The van der Waals surface area contributed by atoms with Crippen molar-refractivity contribution in [2.24, 2.45) is 0 Å². The molecule has 0 aliphatic rings. The third kappa shape index (κ3) is 4.39. The van der Waals surface area contributed by atoms with Crippen LogP contribution in [-0.2, 0) is 11.2 Å².